The standard InChI is InChI=1S/C9H19N/c1-3-4-7-10-8-9(2)5-6-9/h10H,3-8H2,1-2H3. The average Bonchev–Trinajstić information content (AvgIpc) is 2.62. The highest BCUT2D eigenvalue weighted by Crippen LogP contribution is 2.43. The van der Waals surface area contributed by atoms with Crippen molar-refractivity contribution in [3.05, 3.63) is 0 Å². The first-order valence-electron chi connectivity index (χ1n) is 4.47. The third kappa shape index (κ3) is 2.70. The van der Waals surface area contributed by atoms with Gasteiger partial charge in [-0.3, -0.25) is 0 Å². The van der Waals surface area contributed by atoms with E-state index in [1.54, 1.807) is 0 Å². The van der Waals surface area contributed by atoms with Gasteiger partial charge in [-0.25, -0.2) is 0 Å². The molecule has 10 heavy (non-hydrogen) atoms. The minimum atomic E-state index is 0.688. The molecule has 0 unspecified atom stereocenters. The van der Waals surface area contributed by atoms with Crippen LogP contribution in [-0.2, 0) is 0 Å². The Kier molecular flexibility index (Phi) is 2.72. The van der Waals surface area contributed by atoms with Crippen LogP contribution in [0.2, 0.25) is 0 Å². The molecule has 1 saturated carbocycles. The quantitative estimate of drug-likeness (QED) is 0.579. The van der Waals surface area contributed by atoms with E-state index in [0.717, 1.165) is 0 Å². The Morgan fingerprint density at radius 1 is 1.40 bits per heavy atom. The molecule has 0 aromatic carbocycles. The van der Waals surface area contributed by atoms with Crippen molar-refractivity contribution in [2.45, 2.75) is 39.5 Å². The van der Waals surface area contributed by atoms with E-state index in [-0.39, 0.29) is 0 Å². The van der Waals surface area contributed by atoms with Crippen molar-refractivity contribution in [1.29, 1.82) is 0 Å². The van der Waals surface area contributed by atoms with Gasteiger partial charge in [-0.2, -0.15) is 0 Å². The van der Waals surface area contributed by atoms with Gasteiger partial charge in [-0.05, 0) is 31.2 Å². The normalized spacial score (nSPS) is 21.0. The monoisotopic (exact) mass is 141 g/mol. The lowest BCUT2D eigenvalue weighted by molar-refractivity contribution is 0.493. The lowest BCUT2D eigenvalue weighted by Gasteiger charge is -2.08. The molecule has 0 heterocycles. The lowest BCUT2D eigenvalue weighted by atomic mass is 10.1. The Balaban J connectivity index is 1.86. The molecule has 1 nitrogen and oxygen atoms in total. The van der Waals surface area contributed by atoms with Gasteiger partial charge in [0, 0.05) is 6.54 Å². The van der Waals surface area contributed by atoms with Crippen LogP contribution < -0.4 is 5.32 Å². The van der Waals surface area contributed by atoms with E-state index in [1.807, 2.05) is 0 Å². The van der Waals surface area contributed by atoms with Crippen LogP contribution in [-0.4, -0.2) is 13.1 Å². The molecule has 1 N–H and O–H groups in total. The molecule has 0 aromatic rings. The third-order valence-corrected chi connectivity index (χ3v) is 2.36. The zero-order valence-electron chi connectivity index (χ0n) is 7.24. The summed E-state index contributed by atoms with van der Waals surface area (Å²) in [6, 6.07) is 0. The summed E-state index contributed by atoms with van der Waals surface area (Å²) in [5, 5.41) is 3.49. The molecule has 1 aliphatic rings. The molecule has 0 saturated heterocycles. The predicted octanol–water partition coefficient (Wildman–Crippen LogP) is 2.18. The summed E-state index contributed by atoms with van der Waals surface area (Å²) in [5.41, 5.74) is 0.688. The maximum absolute atomic E-state index is 3.49. The minimum absolute atomic E-state index is 0.688. The Hall–Kier alpha value is -0.0400. The van der Waals surface area contributed by atoms with Gasteiger partial charge in [-0.1, -0.05) is 20.3 Å². The summed E-state index contributed by atoms with van der Waals surface area (Å²) in [4.78, 5) is 0. The van der Waals surface area contributed by atoms with Crippen LogP contribution >= 0.6 is 0 Å². The van der Waals surface area contributed by atoms with Crippen LogP contribution in [0, 0.1) is 5.41 Å². The van der Waals surface area contributed by atoms with Crippen LogP contribution in [0.15, 0.2) is 0 Å². The molecular weight excluding hydrogens is 122 g/mol. The molecule has 0 atom stereocenters. The summed E-state index contributed by atoms with van der Waals surface area (Å²) in [7, 11) is 0. The van der Waals surface area contributed by atoms with Crippen molar-refractivity contribution in [3.63, 3.8) is 0 Å². The maximum atomic E-state index is 3.49. The summed E-state index contributed by atoms with van der Waals surface area (Å²) in [6.07, 6.45) is 5.51. The Bertz CT molecular complexity index is 94.9. The van der Waals surface area contributed by atoms with E-state index in [2.05, 4.69) is 19.2 Å². The summed E-state index contributed by atoms with van der Waals surface area (Å²) in [6.45, 7) is 7.06. The van der Waals surface area contributed by atoms with Gasteiger partial charge >= 0.3 is 0 Å². The van der Waals surface area contributed by atoms with Crippen LogP contribution in [0.25, 0.3) is 0 Å². The van der Waals surface area contributed by atoms with Crippen LogP contribution in [0.4, 0.5) is 0 Å². The van der Waals surface area contributed by atoms with Crippen molar-refractivity contribution < 1.29 is 0 Å². The van der Waals surface area contributed by atoms with E-state index in [0.29, 0.717) is 5.41 Å². The molecule has 0 aromatic heterocycles. The van der Waals surface area contributed by atoms with E-state index in [1.165, 1.54) is 38.8 Å². The first-order valence-corrected chi connectivity index (χ1v) is 4.47. The van der Waals surface area contributed by atoms with Gasteiger partial charge in [-0.15, -0.1) is 0 Å². The number of hydrogen-bond donors (Lipinski definition) is 1. The highest BCUT2D eigenvalue weighted by atomic mass is 14.9. The molecule has 0 aliphatic heterocycles. The van der Waals surface area contributed by atoms with E-state index < -0.39 is 0 Å². The molecule has 0 spiro atoms. The molecule has 1 fully saturated rings. The number of rotatable bonds is 5. The zero-order valence-corrected chi connectivity index (χ0v) is 7.24. The molecule has 0 radical (unpaired) electrons. The second-order valence-corrected chi connectivity index (χ2v) is 3.84. The predicted molar refractivity (Wildman–Crippen MR) is 45.1 cm³/mol. The van der Waals surface area contributed by atoms with Crippen LogP contribution in [0.1, 0.15) is 39.5 Å². The number of hydrogen-bond acceptors (Lipinski definition) is 1. The summed E-state index contributed by atoms with van der Waals surface area (Å²) < 4.78 is 0. The fourth-order valence-electron chi connectivity index (χ4n) is 1.08. The lowest BCUT2D eigenvalue weighted by Crippen LogP contribution is -2.22. The molecule has 0 bridgehead atoms. The Labute approximate surface area is 64.2 Å². The Morgan fingerprint density at radius 3 is 2.60 bits per heavy atom. The molecule has 1 rings (SSSR count). The van der Waals surface area contributed by atoms with Gasteiger partial charge in [0.25, 0.3) is 0 Å². The topological polar surface area (TPSA) is 12.0 Å². The molecule has 1 aliphatic carbocycles. The van der Waals surface area contributed by atoms with Crippen molar-refractivity contribution in [3.8, 4) is 0 Å². The van der Waals surface area contributed by atoms with Gasteiger partial charge in [0.2, 0.25) is 0 Å². The van der Waals surface area contributed by atoms with E-state index in [9.17, 15) is 0 Å². The first-order chi connectivity index (χ1) is 4.77. The molecule has 1 heteroatoms. The number of unbranched alkanes of at least 4 members (excludes halogenated alkanes) is 1. The van der Waals surface area contributed by atoms with Crippen molar-refractivity contribution in [2.75, 3.05) is 13.1 Å². The molecule has 60 valence electrons. The largest absolute Gasteiger partial charge is 0.316 e. The second kappa shape index (κ2) is 3.38. The highest BCUT2D eigenvalue weighted by molar-refractivity contribution is 4.90. The summed E-state index contributed by atoms with van der Waals surface area (Å²) >= 11 is 0. The minimum Gasteiger partial charge on any atom is -0.316 e. The van der Waals surface area contributed by atoms with Crippen molar-refractivity contribution in [1.82, 2.24) is 5.32 Å². The van der Waals surface area contributed by atoms with Crippen molar-refractivity contribution in [2.24, 2.45) is 5.41 Å². The fourth-order valence-corrected chi connectivity index (χ4v) is 1.08. The Morgan fingerprint density at radius 2 is 2.10 bits per heavy atom. The number of nitrogens with one attached hydrogen (secondary N) is 1. The van der Waals surface area contributed by atoms with Gasteiger partial charge in [0.1, 0.15) is 0 Å². The fraction of sp³-hybridized carbons (Fsp3) is 1.00. The van der Waals surface area contributed by atoms with Gasteiger partial charge in [0.15, 0.2) is 0 Å². The average molecular weight is 141 g/mol. The van der Waals surface area contributed by atoms with Crippen LogP contribution in [0.5, 0.6) is 0 Å². The molecule has 0 amide bonds. The highest BCUT2D eigenvalue weighted by Gasteiger charge is 2.36. The third-order valence-electron chi connectivity index (χ3n) is 2.36. The first kappa shape index (κ1) is 8.06. The van der Waals surface area contributed by atoms with E-state index >= 15 is 0 Å². The maximum Gasteiger partial charge on any atom is 0.000517 e. The smallest absolute Gasteiger partial charge is 0.000517 e. The molecular formula is C9H19N. The zero-order chi connectivity index (χ0) is 7.45. The summed E-state index contributed by atoms with van der Waals surface area (Å²) in [5.74, 6) is 0. The van der Waals surface area contributed by atoms with Gasteiger partial charge < -0.3 is 5.32 Å². The van der Waals surface area contributed by atoms with Gasteiger partial charge in [0.05, 0.1) is 0 Å². The van der Waals surface area contributed by atoms with Crippen molar-refractivity contribution >= 4 is 0 Å². The van der Waals surface area contributed by atoms with E-state index in [4.69, 9.17) is 0 Å². The SMILES string of the molecule is CCCCNCC1(C)CC1. The second-order valence-electron chi connectivity index (χ2n) is 3.84. The van der Waals surface area contributed by atoms with Crippen LogP contribution in [0.3, 0.4) is 0 Å².